The second kappa shape index (κ2) is 9.23. The Hall–Kier alpha value is -3.98. The van der Waals surface area contributed by atoms with Crippen LogP contribution in [-0.2, 0) is 4.79 Å². The summed E-state index contributed by atoms with van der Waals surface area (Å²) in [5.41, 5.74) is 3.00. The molecule has 8 nitrogen and oxygen atoms in total. The normalized spacial score (nSPS) is 10.5. The fraction of sp³-hybridized carbons (Fsp3) is 0.0909. The van der Waals surface area contributed by atoms with Gasteiger partial charge in [-0.15, -0.1) is 10.2 Å². The van der Waals surface area contributed by atoms with Crippen LogP contribution in [0.4, 0.5) is 5.69 Å². The predicted molar refractivity (Wildman–Crippen MR) is 122 cm³/mol. The van der Waals surface area contributed by atoms with Gasteiger partial charge in [-0.3, -0.25) is 10.1 Å². The highest BCUT2D eigenvalue weighted by atomic mass is 32.1. The van der Waals surface area contributed by atoms with E-state index < -0.39 is 0 Å². The molecule has 0 atom stereocenters. The Morgan fingerprint density at radius 1 is 0.968 bits per heavy atom. The van der Waals surface area contributed by atoms with E-state index in [2.05, 4.69) is 20.8 Å². The molecule has 0 saturated heterocycles. The monoisotopic (exact) mass is 433 g/mol. The lowest BCUT2D eigenvalue weighted by atomic mass is 10.3. The molecule has 0 aliphatic heterocycles. The van der Waals surface area contributed by atoms with Gasteiger partial charge in [-0.25, -0.2) is 0 Å². The highest BCUT2D eigenvalue weighted by Crippen LogP contribution is 2.18. The smallest absolute Gasteiger partial charge is 0.264 e. The first-order chi connectivity index (χ1) is 15.1. The van der Waals surface area contributed by atoms with Crippen molar-refractivity contribution in [1.82, 2.24) is 20.3 Å². The van der Waals surface area contributed by atoms with E-state index in [-0.39, 0.29) is 17.6 Å². The van der Waals surface area contributed by atoms with Gasteiger partial charge in [0, 0.05) is 5.69 Å². The quantitative estimate of drug-likeness (QED) is 0.451. The first-order valence-corrected chi connectivity index (χ1v) is 9.82. The van der Waals surface area contributed by atoms with Crippen LogP contribution in [0, 0.1) is 0 Å². The van der Waals surface area contributed by atoms with Crippen molar-refractivity contribution in [2.24, 2.45) is 0 Å². The zero-order valence-electron chi connectivity index (χ0n) is 16.6. The van der Waals surface area contributed by atoms with Gasteiger partial charge in [0.15, 0.2) is 11.7 Å². The molecule has 31 heavy (non-hydrogen) atoms. The number of ether oxygens (including phenoxy) is 2. The summed E-state index contributed by atoms with van der Waals surface area (Å²) < 4.78 is 10.5. The fourth-order valence-electron chi connectivity index (χ4n) is 2.81. The Kier molecular flexibility index (Phi) is 6.04. The molecule has 0 saturated carbocycles. The van der Waals surface area contributed by atoms with Crippen molar-refractivity contribution in [3.8, 4) is 17.2 Å². The number of anilines is 1. The third-order valence-corrected chi connectivity index (χ3v) is 4.51. The summed E-state index contributed by atoms with van der Waals surface area (Å²) in [7, 11) is 1.58. The molecule has 1 aromatic heterocycles. The molecule has 4 aromatic rings. The summed E-state index contributed by atoms with van der Waals surface area (Å²) in [4.78, 5) is 13.7. The molecule has 0 unspecified atom stereocenters. The minimum absolute atomic E-state index is 0.165. The number of carbonyl (C=O) groups is 1. The SMILES string of the molecule is COc1ccc(OCC(=O)NC(=S)Nc2ccc3nn(-c4ccccc4)nc3c2)cc1. The number of hydrogen-bond donors (Lipinski definition) is 2. The summed E-state index contributed by atoms with van der Waals surface area (Å²) in [6, 6.07) is 22.1. The van der Waals surface area contributed by atoms with Gasteiger partial charge in [-0.1, -0.05) is 18.2 Å². The van der Waals surface area contributed by atoms with Crippen molar-refractivity contribution in [3.05, 3.63) is 72.8 Å². The van der Waals surface area contributed by atoms with Crippen LogP contribution in [0.3, 0.4) is 0 Å². The zero-order valence-corrected chi connectivity index (χ0v) is 17.4. The molecular weight excluding hydrogens is 414 g/mol. The topological polar surface area (TPSA) is 90.3 Å². The highest BCUT2D eigenvalue weighted by Gasteiger charge is 2.09. The predicted octanol–water partition coefficient (Wildman–Crippen LogP) is 3.32. The van der Waals surface area contributed by atoms with E-state index in [1.165, 1.54) is 0 Å². The van der Waals surface area contributed by atoms with Crippen LogP contribution < -0.4 is 20.1 Å². The van der Waals surface area contributed by atoms with Crippen molar-refractivity contribution in [3.63, 3.8) is 0 Å². The number of nitrogens with zero attached hydrogens (tertiary/aromatic N) is 3. The maximum absolute atomic E-state index is 12.1. The van der Waals surface area contributed by atoms with Gasteiger partial charge < -0.3 is 14.8 Å². The van der Waals surface area contributed by atoms with Crippen LogP contribution in [-0.4, -0.2) is 39.7 Å². The molecule has 0 fully saturated rings. The Morgan fingerprint density at radius 3 is 2.42 bits per heavy atom. The molecular formula is C22H19N5O3S. The lowest BCUT2D eigenvalue weighted by Gasteiger charge is -2.10. The number of aromatic nitrogens is 3. The Morgan fingerprint density at radius 2 is 1.68 bits per heavy atom. The molecule has 2 N–H and O–H groups in total. The van der Waals surface area contributed by atoms with Gasteiger partial charge in [-0.05, 0) is 66.8 Å². The van der Waals surface area contributed by atoms with E-state index in [4.69, 9.17) is 21.7 Å². The van der Waals surface area contributed by atoms with Crippen LogP contribution in [0.15, 0.2) is 72.8 Å². The minimum Gasteiger partial charge on any atom is -0.497 e. The van der Waals surface area contributed by atoms with Gasteiger partial charge in [-0.2, -0.15) is 4.80 Å². The second-order valence-corrected chi connectivity index (χ2v) is 6.90. The van der Waals surface area contributed by atoms with E-state index in [0.717, 1.165) is 11.2 Å². The van der Waals surface area contributed by atoms with E-state index >= 15 is 0 Å². The summed E-state index contributed by atoms with van der Waals surface area (Å²) in [5.74, 6) is 0.897. The average Bonchev–Trinajstić information content (AvgIpc) is 3.22. The van der Waals surface area contributed by atoms with Gasteiger partial charge in [0.2, 0.25) is 0 Å². The Balaban J connectivity index is 1.33. The highest BCUT2D eigenvalue weighted by molar-refractivity contribution is 7.80. The van der Waals surface area contributed by atoms with Gasteiger partial charge in [0.25, 0.3) is 5.91 Å². The zero-order chi connectivity index (χ0) is 21.6. The number of nitrogens with one attached hydrogen (secondary N) is 2. The molecule has 4 rings (SSSR count). The van der Waals surface area contributed by atoms with Crippen molar-refractivity contribution in [2.45, 2.75) is 0 Å². The van der Waals surface area contributed by atoms with Crippen LogP contribution in [0.5, 0.6) is 11.5 Å². The summed E-state index contributed by atoms with van der Waals surface area (Å²) in [6.07, 6.45) is 0. The number of para-hydroxylation sites is 1. The van der Waals surface area contributed by atoms with E-state index in [1.54, 1.807) is 36.2 Å². The molecule has 0 aliphatic rings. The van der Waals surface area contributed by atoms with E-state index in [9.17, 15) is 4.79 Å². The lowest BCUT2D eigenvalue weighted by molar-refractivity contribution is -0.121. The molecule has 156 valence electrons. The third-order valence-electron chi connectivity index (χ3n) is 4.31. The fourth-order valence-corrected chi connectivity index (χ4v) is 3.05. The van der Waals surface area contributed by atoms with Crippen LogP contribution in [0.25, 0.3) is 16.7 Å². The standard InChI is InChI=1S/C22H19N5O3S/c1-29-17-8-10-18(11-9-17)30-14-21(28)24-22(31)23-15-7-12-19-20(13-15)26-27(25-19)16-5-3-2-4-6-16/h2-13H,14H2,1H3,(H2,23,24,28,31). The number of rotatable bonds is 6. The number of amides is 1. The number of carbonyl (C=O) groups excluding carboxylic acids is 1. The lowest BCUT2D eigenvalue weighted by Crippen LogP contribution is -2.37. The first kappa shape index (κ1) is 20.3. The van der Waals surface area contributed by atoms with Crippen LogP contribution in [0.2, 0.25) is 0 Å². The molecule has 0 spiro atoms. The van der Waals surface area contributed by atoms with Crippen LogP contribution >= 0.6 is 12.2 Å². The first-order valence-electron chi connectivity index (χ1n) is 9.41. The number of fused-ring (bicyclic) bond motifs is 1. The molecule has 3 aromatic carbocycles. The number of thiocarbonyl (C=S) groups is 1. The van der Waals surface area contributed by atoms with E-state index in [1.807, 2.05) is 48.5 Å². The molecule has 9 heteroatoms. The Labute approximate surface area is 183 Å². The molecule has 0 bridgehead atoms. The number of methoxy groups -OCH3 is 1. The Bertz CT molecular complexity index is 1210. The molecule has 0 aliphatic carbocycles. The minimum atomic E-state index is -0.371. The van der Waals surface area contributed by atoms with Crippen molar-refractivity contribution >= 4 is 40.0 Å². The van der Waals surface area contributed by atoms with Crippen molar-refractivity contribution < 1.29 is 14.3 Å². The molecule has 1 heterocycles. The largest absolute Gasteiger partial charge is 0.497 e. The summed E-state index contributed by atoms with van der Waals surface area (Å²) >= 11 is 5.22. The molecule has 1 amide bonds. The van der Waals surface area contributed by atoms with Gasteiger partial charge >= 0.3 is 0 Å². The number of benzene rings is 3. The maximum atomic E-state index is 12.1. The van der Waals surface area contributed by atoms with Gasteiger partial charge in [0.05, 0.1) is 12.8 Å². The number of hydrogen-bond acceptors (Lipinski definition) is 6. The van der Waals surface area contributed by atoms with Crippen molar-refractivity contribution in [1.29, 1.82) is 0 Å². The summed E-state index contributed by atoms with van der Waals surface area (Å²) in [5, 5.41) is 14.7. The van der Waals surface area contributed by atoms with E-state index in [0.29, 0.717) is 22.7 Å². The van der Waals surface area contributed by atoms with Crippen molar-refractivity contribution in [2.75, 3.05) is 19.0 Å². The summed E-state index contributed by atoms with van der Waals surface area (Å²) in [6.45, 7) is -0.168. The third kappa shape index (κ3) is 5.14. The van der Waals surface area contributed by atoms with Crippen LogP contribution in [0.1, 0.15) is 0 Å². The second-order valence-electron chi connectivity index (χ2n) is 6.49. The van der Waals surface area contributed by atoms with Gasteiger partial charge in [0.1, 0.15) is 22.5 Å². The average molecular weight is 433 g/mol. The molecule has 0 radical (unpaired) electrons. The maximum Gasteiger partial charge on any atom is 0.264 e.